The van der Waals surface area contributed by atoms with Crippen LogP contribution >= 0.6 is 0 Å². The Morgan fingerprint density at radius 1 is 1.29 bits per heavy atom. The van der Waals surface area contributed by atoms with Crippen molar-refractivity contribution in [3.8, 4) is 5.69 Å². The Morgan fingerprint density at radius 2 is 2.00 bits per heavy atom. The highest BCUT2D eigenvalue weighted by molar-refractivity contribution is 5.99. The molecular weight excluding hydrogens is 437 g/mol. The number of carbonyl (C=O) groups is 2. The van der Waals surface area contributed by atoms with Crippen molar-refractivity contribution in [1.29, 1.82) is 0 Å². The van der Waals surface area contributed by atoms with Crippen LogP contribution in [0.4, 0.5) is 10.1 Å². The van der Waals surface area contributed by atoms with Gasteiger partial charge in [0.25, 0.3) is 5.91 Å². The van der Waals surface area contributed by atoms with E-state index in [1.54, 1.807) is 10.7 Å². The minimum Gasteiger partial charge on any atom is -0.480 e. The molecule has 2 aliphatic rings. The molecule has 8 nitrogen and oxygen atoms in total. The number of hydrogen-bond donors (Lipinski definition) is 4. The maximum atomic E-state index is 15.3. The first kappa shape index (κ1) is 24.2. The van der Waals surface area contributed by atoms with Gasteiger partial charge in [-0.3, -0.25) is 9.59 Å². The number of amides is 1. The molecule has 2 aliphatic carbocycles. The molecule has 1 saturated carbocycles. The quantitative estimate of drug-likeness (QED) is 0.510. The average molecular weight is 472 g/mol. The fourth-order valence-corrected chi connectivity index (χ4v) is 5.56. The lowest BCUT2D eigenvalue weighted by atomic mass is 9.76. The molecule has 0 aliphatic heterocycles. The monoisotopic (exact) mass is 471 g/mol. The lowest BCUT2D eigenvalue weighted by Gasteiger charge is -2.35. The highest BCUT2D eigenvalue weighted by atomic mass is 19.1. The number of aromatic nitrogens is 2. The number of aliphatic carboxylic acids is 1. The van der Waals surface area contributed by atoms with Crippen LogP contribution in [0.2, 0.25) is 0 Å². The van der Waals surface area contributed by atoms with Crippen LogP contribution < -0.4 is 16.8 Å². The summed E-state index contributed by atoms with van der Waals surface area (Å²) in [4.78, 5) is 23.7. The number of halogens is 1. The molecular formula is C25H34FN5O3. The molecule has 3 atom stereocenters. The van der Waals surface area contributed by atoms with Gasteiger partial charge in [-0.1, -0.05) is 26.7 Å². The van der Waals surface area contributed by atoms with Crippen LogP contribution in [0.25, 0.3) is 5.69 Å². The summed E-state index contributed by atoms with van der Waals surface area (Å²) in [6.45, 7) is 6.38. The zero-order chi connectivity index (χ0) is 24.8. The number of nitrogens with zero attached hydrogens (tertiary/aromatic N) is 2. The molecule has 2 aromatic rings. The van der Waals surface area contributed by atoms with Crippen molar-refractivity contribution in [2.45, 2.75) is 77.8 Å². The van der Waals surface area contributed by atoms with Crippen LogP contribution in [0.1, 0.15) is 73.3 Å². The summed E-state index contributed by atoms with van der Waals surface area (Å²) in [6.07, 6.45) is 5.84. The number of anilines is 1. The molecule has 184 valence electrons. The van der Waals surface area contributed by atoms with Gasteiger partial charge >= 0.3 is 5.97 Å². The van der Waals surface area contributed by atoms with E-state index in [1.807, 2.05) is 6.92 Å². The molecule has 1 fully saturated rings. The summed E-state index contributed by atoms with van der Waals surface area (Å²) in [5.74, 6) is -3.05. The van der Waals surface area contributed by atoms with E-state index < -0.39 is 23.7 Å². The topological polar surface area (TPSA) is 136 Å². The molecule has 4 rings (SSSR count). The third-order valence-electron chi connectivity index (χ3n) is 7.46. The standard InChI is InChI=1S/C25H34FN5O3/c1-13-15-8-9-25(2,3)12-20(15)31(30-13)14-10-17(26)21(23(28)32)19(11-14)29-18-7-5-4-6-16(18)22(27)24(33)34/h10-11,16,18,22,29H,4-9,12,27H2,1-3H3,(H2,28,32)(H,33,34)/t16-,18+,22?/m1/s1. The number of carboxylic acid groups (broad SMARTS) is 1. The van der Waals surface area contributed by atoms with E-state index in [0.717, 1.165) is 43.5 Å². The van der Waals surface area contributed by atoms with E-state index in [2.05, 4.69) is 19.2 Å². The molecule has 6 N–H and O–H groups in total. The summed E-state index contributed by atoms with van der Waals surface area (Å²) in [7, 11) is 0. The van der Waals surface area contributed by atoms with Crippen molar-refractivity contribution in [2.24, 2.45) is 22.8 Å². The van der Waals surface area contributed by atoms with Gasteiger partial charge < -0.3 is 21.9 Å². The number of rotatable bonds is 6. The fourth-order valence-electron chi connectivity index (χ4n) is 5.56. The molecule has 1 unspecified atom stereocenters. The van der Waals surface area contributed by atoms with Crippen molar-refractivity contribution in [3.05, 3.63) is 40.5 Å². The average Bonchev–Trinajstić information content (AvgIpc) is 3.07. The van der Waals surface area contributed by atoms with E-state index in [4.69, 9.17) is 16.6 Å². The van der Waals surface area contributed by atoms with Gasteiger partial charge in [0.2, 0.25) is 0 Å². The van der Waals surface area contributed by atoms with E-state index in [1.165, 1.54) is 11.6 Å². The Kier molecular flexibility index (Phi) is 6.42. The van der Waals surface area contributed by atoms with Gasteiger partial charge in [-0.15, -0.1) is 0 Å². The van der Waals surface area contributed by atoms with E-state index in [9.17, 15) is 14.7 Å². The summed E-state index contributed by atoms with van der Waals surface area (Å²) in [5, 5.41) is 17.4. The van der Waals surface area contributed by atoms with Crippen molar-refractivity contribution < 1.29 is 19.1 Å². The molecule has 34 heavy (non-hydrogen) atoms. The number of carbonyl (C=O) groups excluding carboxylic acids is 1. The predicted molar refractivity (Wildman–Crippen MR) is 128 cm³/mol. The summed E-state index contributed by atoms with van der Waals surface area (Å²) in [5.41, 5.74) is 15.3. The summed E-state index contributed by atoms with van der Waals surface area (Å²) < 4.78 is 17.0. The van der Waals surface area contributed by atoms with E-state index in [0.29, 0.717) is 18.5 Å². The molecule has 1 heterocycles. The second kappa shape index (κ2) is 9.02. The Labute approximate surface area is 198 Å². The SMILES string of the molecule is Cc1nn(-c2cc(F)c(C(N)=O)c(N[C@H]3CCCC[C@H]3C(N)C(=O)O)c2)c2c1CCC(C)(C)C2. The Balaban J connectivity index is 1.77. The zero-order valence-corrected chi connectivity index (χ0v) is 20.0. The van der Waals surface area contributed by atoms with Crippen LogP contribution in [-0.4, -0.2) is 38.8 Å². The van der Waals surface area contributed by atoms with Gasteiger partial charge in [0, 0.05) is 23.7 Å². The highest BCUT2D eigenvalue weighted by Crippen LogP contribution is 2.38. The van der Waals surface area contributed by atoms with Crippen molar-refractivity contribution in [2.75, 3.05) is 5.32 Å². The van der Waals surface area contributed by atoms with Gasteiger partial charge in [0.1, 0.15) is 11.9 Å². The molecule has 1 aromatic carbocycles. The number of carboxylic acids is 1. The van der Waals surface area contributed by atoms with E-state index in [-0.39, 0.29) is 28.6 Å². The van der Waals surface area contributed by atoms with Gasteiger partial charge in [-0.25, -0.2) is 9.07 Å². The number of fused-ring (bicyclic) bond motifs is 1. The molecule has 0 spiro atoms. The molecule has 0 radical (unpaired) electrons. The lowest BCUT2D eigenvalue weighted by molar-refractivity contribution is -0.140. The first-order valence-electron chi connectivity index (χ1n) is 11.9. The van der Waals surface area contributed by atoms with Gasteiger partial charge in [-0.05, 0) is 56.1 Å². The number of primary amides is 1. The van der Waals surface area contributed by atoms with Crippen molar-refractivity contribution in [3.63, 3.8) is 0 Å². The fraction of sp³-hybridized carbons (Fsp3) is 0.560. The Bertz CT molecular complexity index is 1130. The minimum atomic E-state index is -1.07. The molecule has 9 heteroatoms. The molecule has 0 saturated heterocycles. The van der Waals surface area contributed by atoms with Gasteiger partial charge in [-0.2, -0.15) is 5.10 Å². The second-order valence-corrected chi connectivity index (χ2v) is 10.5. The van der Waals surface area contributed by atoms with Crippen LogP contribution in [0, 0.1) is 24.1 Å². The number of hydrogen-bond acceptors (Lipinski definition) is 5. The first-order valence-corrected chi connectivity index (χ1v) is 11.9. The third-order valence-corrected chi connectivity index (χ3v) is 7.46. The minimum absolute atomic E-state index is 0.103. The molecule has 1 amide bonds. The van der Waals surface area contributed by atoms with E-state index >= 15 is 4.39 Å². The highest BCUT2D eigenvalue weighted by Gasteiger charge is 2.35. The number of nitrogens with one attached hydrogen (secondary N) is 1. The van der Waals surface area contributed by atoms with Crippen LogP contribution in [0.15, 0.2) is 12.1 Å². The maximum absolute atomic E-state index is 15.3. The number of benzene rings is 1. The van der Waals surface area contributed by atoms with Crippen LogP contribution in [-0.2, 0) is 17.6 Å². The normalized spacial score (nSPS) is 22.6. The van der Waals surface area contributed by atoms with Gasteiger partial charge in [0.05, 0.1) is 22.6 Å². The van der Waals surface area contributed by atoms with Crippen molar-refractivity contribution in [1.82, 2.24) is 9.78 Å². The third kappa shape index (κ3) is 4.53. The maximum Gasteiger partial charge on any atom is 0.320 e. The molecule has 1 aromatic heterocycles. The number of aryl methyl sites for hydroxylation is 1. The largest absolute Gasteiger partial charge is 0.480 e. The van der Waals surface area contributed by atoms with Crippen molar-refractivity contribution >= 4 is 17.6 Å². The Hall–Kier alpha value is -2.94. The predicted octanol–water partition coefficient (Wildman–Crippen LogP) is 3.32. The zero-order valence-electron chi connectivity index (χ0n) is 20.0. The second-order valence-electron chi connectivity index (χ2n) is 10.5. The summed E-state index contributed by atoms with van der Waals surface area (Å²) >= 11 is 0. The summed E-state index contributed by atoms with van der Waals surface area (Å²) in [6, 6.07) is 1.61. The first-order chi connectivity index (χ1) is 16.0. The van der Waals surface area contributed by atoms with Crippen LogP contribution in [0.3, 0.4) is 0 Å². The lowest BCUT2D eigenvalue weighted by Crippen LogP contribution is -2.48. The van der Waals surface area contributed by atoms with Gasteiger partial charge in [0.15, 0.2) is 0 Å². The number of nitrogens with two attached hydrogens (primary N) is 2. The smallest absolute Gasteiger partial charge is 0.320 e. The Morgan fingerprint density at radius 3 is 2.68 bits per heavy atom. The molecule has 0 bridgehead atoms. The van der Waals surface area contributed by atoms with Crippen LogP contribution in [0.5, 0.6) is 0 Å².